The molecule has 1 unspecified atom stereocenters. The average Bonchev–Trinajstić information content (AvgIpc) is 2.81. The zero-order valence-electron chi connectivity index (χ0n) is 10.9. The maximum absolute atomic E-state index is 11.0. The van der Waals surface area contributed by atoms with Gasteiger partial charge in [0, 0.05) is 24.1 Å². The van der Waals surface area contributed by atoms with E-state index in [9.17, 15) is 4.79 Å². The van der Waals surface area contributed by atoms with Crippen LogP contribution in [-0.4, -0.2) is 50.3 Å². The molecule has 3 heterocycles. The van der Waals surface area contributed by atoms with Crippen molar-refractivity contribution >= 4 is 34.6 Å². The van der Waals surface area contributed by atoms with Crippen molar-refractivity contribution in [2.24, 2.45) is 0 Å². The third-order valence-corrected chi connectivity index (χ3v) is 4.42. The van der Waals surface area contributed by atoms with Gasteiger partial charge in [0.25, 0.3) is 5.71 Å². The first kappa shape index (κ1) is 13.2. The molecule has 0 aliphatic carbocycles. The van der Waals surface area contributed by atoms with Crippen molar-refractivity contribution in [3.05, 3.63) is 12.0 Å². The van der Waals surface area contributed by atoms with Gasteiger partial charge in [0.2, 0.25) is 0 Å². The minimum absolute atomic E-state index is 0.0707. The third kappa shape index (κ3) is 2.31. The molecule has 8 heteroatoms. The van der Waals surface area contributed by atoms with Crippen molar-refractivity contribution in [2.45, 2.75) is 19.4 Å². The van der Waals surface area contributed by atoms with E-state index in [1.165, 1.54) is 6.33 Å². The maximum atomic E-state index is 11.0. The topological polar surface area (TPSA) is 92.4 Å². The standard InChI is InChI=1S/C12H14N4O3S/c1-7-10-11(13-6-14-12(10)19-15-7)16-2-3-20-5-8(16)4-9(17)18/h6,8H,2-5H2,1H3,(H,17,18). The number of nitrogens with zero attached hydrogens (tertiary/aromatic N) is 4. The molecule has 1 aliphatic rings. The van der Waals surface area contributed by atoms with Crippen LogP contribution in [0.4, 0.5) is 5.82 Å². The Morgan fingerprint density at radius 3 is 3.25 bits per heavy atom. The predicted octanol–water partition coefficient (Wildman–Crippen LogP) is 1.32. The van der Waals surface area contributed by atoms with Crippen LogP contribution in [-0.2, 0) is 4.79 Å². The van der Waals surface area contributed by atoms with Crippen LogP contribution in [0, 0.1) is 6.92 Å². The molecule has 0 saturated carbocycles. The van der Waals surface area contributed by atoms with Crippen LogP contribution in [0.15, 0.2) is 10.9 Å². The summed E-state index contributed by atoms with van der Waals surface area (Å²) in [6, 6.07) is -0.0707. The number of carboxylic acids is 1. The highest BCUT2D eigenvalue weighted by Crippen LogP contribution is 2.31. The lowest BCUT2D eigenvalue weighted by molar-refractivity contribution is -0.137. The second kappa shape index (κ2) is 5.28. The van der Waals surface area contributed by atoms with Crippen molar-refractivity contribution in [1.82, 2.24) is 15.1 Å². The molecule has 1 aliphatic heterocycles. The van der Waals surface area contributed by atoms with E-state index in [0.29, 0.717) is 5.71 Å². The number of carbonyl (C=O) groups is 1. The number of carboxylic acid groups (broad SMARTS) is 1. The van der Waals surface area contributed by atoms with Crippen LogP contribution in [0.25, 0.3) is 11.1 Å². The summed E-state index contributed by atoms with van der Waals surface area (Å²) in [5, 5.41) is 13.7. The number of aryl methyl sites for hydroxylation is 1. The molecule has 0 spiro atoms. The second-order valence-electron chi connectivity index (χ2n) is 4.67. The minimum Gasteiger partial charge on any atom is -0.481 e. The number of hydrogen-bond donors (Lipinski definition) is 1. The minimum atomic E-state index is -0.796. The van der Waals surface area contributed by atoms with Gasteiger partial charge in [-0.25, -0.2) is 4.98 Å². The van der Waals surface area contributed by atoms with E-state index in [4.69, 9.17) is 9.63 Å². The Labute approximate surface area is 119 Å². The summed E-state index contributed by atoms with van der Waals surface area (Å²) in [5.41, 5.74) is 1.17. The van der Waals surface area contributed by atoms with E-state index >= 15 is 0 Å². The van der Waals surface area contributed by atoms with E-state index in [1.54, 1.807) is 11.8 Å². The van der Waals surface area contributed by atoms with Crippen molar-refractivity contribution in [3.8, 4) is 0 Å². The largest absolute Gasteiger partial charge is 0.481 e. The SMILES string of the molecule is Cc1noc2ncnc(N3CCSCC3CC(=O)O)c12. The summed E-state index contributed by atoms with van der Waals surface area (Å²) < 4.78 is 5.15. The Bertz CT molecular complexity index is 645. The van der Waals surface area contributed by atoms with Crippen LogP contribution in [0.3, 0.4) is 0 Å². The highest BCUT2D eigenvalue weighted by Gasteiger charge is 2.28. The second-order valence-corrected chi connectivity index (χ2v) is 5.82. The Kier molecular flexibility index (Phi) is 3.47. The van der Waals surface area contributed by atoms with E-state index in [0.717, 1.165) is 34.9 Å². The highest BCUT2D eigenvalue weighted by molar-refractivity contribution is 7.99. The molecular weight excluding hydrogens is 280 g/mol. The van der Waals surface area contributed by atoms with Gasteiger partial charge >= 0.3 is 5.97 Å². The van der Waals surface area contributed by atoms with Gasteiger partial charge in [0.15, 0.2) is 0 Å². The third-order valence-electron chi connectivity index (χ3n) is 3.33. The zero-order valence-corrected chi connectivity index (χ0v) is 11.8. The quantitative estimate of drug-likeness (QED) is 0.906. The molecule has 0 aromatic carbocycles. The van der Waals surface area contributed by atoms with Crippen LogP contribution in [0.5, 0.6) is 0 Å². The average molecular weight is 294 g/mol. The highest BCUT2D eigenvalue weighted by atomic mass is 32.2. The van der Waals surface area contributed by atoms with Gasteiger partial charge in [-0.3, -0.25) is 4.79 Å². The van der Waals surface area contributed by atoms with Gasteiger partial charge < -0.3 is 14.5 Å². The van der Waals surface area contributed by atoms with Crippen LogP contribution in [0.2, 0.25) is 0 Å². The predicted molar refractivity (Wildman–Crippen MR) is 75.0 cm³/mol. The van der Waals surface area contributed by atoms with Gasteiger partial charge in [0.1, 0.15) is 17.5 Å². The lowest BCUT2D eigenvalue weighted by Crippen LogP contribution is -2.44. The number of aromatic nitrogens is 3. The molecule has 7 nitrogen and oxygen atoms in total. The summed E-state index contributed by atoms with van der Waals surface area (Å²) in [6.45, 7) is 2.60. The summed E-state index contributed by atoms with van der Waals surface area (Å²) in [5.74, 6) is 1.66. The Morgan fingerprint density at radius 2 is 2.45 bits per heavy atom. The Hall–Kier alpha value is -1.83. The summed E-state index contributed by atoms with van der Waals surface area (Å²) >= 11 is 1.77. The maximum Gasteiger partial charge on any atom is 0.305 e. The fraction of sp³-hybridized carbons (Fsp3) is 0.500. The molecule has 106 valence electrons. The fourth-order valence-corrected chi connectivity index (χ4v) is 3.49. The van der Waals surface area contributed by atoms with Gasteiger partial charge in [-0.1, -0.05) is 5.16 Å². The molecular formula is C12H14N4O3S. The van der Waals surface area contributed by atoms with Gasteiger partial charge in [-0.2, -0.15) is 16.7 Å². The van der Waals surface area contributed by atoms with E-state index < -0.39 is 5.97 Å². The number of thioether (sulfide) groups is 1. The van der Waals surface area contributed by atoms with Gasteiger partial charge in [-0.05, 0) is 6.92 Å². The van der Waals surface area contributed by atoms with Gasteiger partial charge in [-0.15, -0.1) is 0 Å². The summed E-state index contributed by atoms with van der Waals surface area (Å²) in [4.78, 5) is 21.5. The van der Waals surface area contributed by atoms with Crippen LogP contribution < -0.4 is 4.90 Å². The molecule has 2 aromatic rings. The number of hydrogen-bond acceptors (Lipinski definition) is 7. The van der Waals surface area contributed by atoms with Crippen molar-refractivity contribution in [3.63, 3.8) is 0 Å². The molecule has 1 fully saturated rings. The number of aliphatic carboxylic acids is 1. The normalized spacial score (nSPS) is 19.4. The molecule has 20 heavy (non-hydrogen) atoms. The fourth-order valence-electron chi connectivity index (χ4n) is 2.43. The molecule has 2 aromatic heterocycles. The molecule has 1 atom stereocenters. The van der Waals surface area contributed by atoms with Crippen LogP contribution >= 0.6 is 11.8 Å². The summed E-state index contributed by atoms with van der Waals surface area (Å²) in [7, 11) is 0. The zero-order chi connectivity index (χ0) is 14.1. The first-order valence-electron chi connectivity index (χ1n) is 6.30. The Morgan fingerprint density at radius 1 is 1.60 bits per heavy atom. The van der Waals surface area contributed by atoms with Crippen molar-refractivity contribution < 1.29 is 14.4 Å². The lowest BCUT2D eigenvalue weighted by atomic mass is 10.1. The molecule has 0 bridgehead atoms. The van der Waals surface area contributed by atoms with Gasteiger partial charge in [0.05, 0.1) is 12.1 Å². The van der Waals surface area contributed by atoms with Crippen molar-refractivity contribution in [2.75, 3.05) is 23.0 Å². The summed E-state index contributed by atoms with van der Waals surface area (Å²) in [6.07, 6.45) is 1.53. The molecule has 1 saturated heterocycles. The molecule has 1 N–H and O–H groups in total. The van der Waals surface area contributed by atoms with Crippen molar-refractivity contribution in [1.29, 1.82) is 0 Å². The smallest absolute Gasteiger partial charge is 0.305 e. The van der Waals surface area contributed by atoms with Crippen LogP contribution in [0.1, 0.15) is 12.1 Å². The number of anilines is 1. The molecule has 0 amide bonds. The number of rotatable bonds is 3. The van der Waals surface area contributed by atoms with E-state index in [1.807, 2.05) is 11.8 Å². The van der Waals surface area contributed by atoms with E-state index in [-0.39, 0.29) is 12.5 Å². The monoisotopic (exact) mass is 294 g/mol. The first-order valence-corrected chi connectivity index (χ1v) is 7.45. The lowest BCUT2D eigenvalue weighted by Gasteiger charge is -2.35. The number of fused-ring (bicyclic) bond motifs is 1. The first-order chi connectivity index (χ1) is 9.66. The Balaban J connectivity index is 2.03. The van der Waals surface area contributed by atoms with E-state index in [2.05, 4.69) is 15.1 Å². The molecule has 3 rings (SSSR count). The molecule has 0 radical (unpaired) electrons.